The molecule has 1 N–H and O–H groups in total. The monoisotopic (exact) mass is 391 g/mol. The molecule has 2 atom stereocenters. The Kier molecular flexibility index (Phi) is 9.77. The van der Waals surface area contributed by atoms with Crippen LogP contribution in [-0.4, -0.2) is 46.4 Å². The van der Waals surface area contributed by atoms with Gasteiger partial charge in [-0.2, -0.15) is 0 Å². The molecule has 1 aromatic carbocycles. The summed E-state index contributed by atoms with van der Waals surface area (Å²) in [6, 6.07) is 10.6. The van der Waals surface area contributed by atoms with Gasteiger partial charge in [-0.1, -0.05) is 35.9 Å². The van der Waals surface area contributed by atoms with E-state index >= 15 is 0 Å². The van der Waals surface area contributed by atoms with Crippen LogP contribution in [0.4, 0.5) is 0 Å². The summed E-state index contributed by atoms with van der Waals surface area (Å²) < 4.78 is 29.1. The molecule has 0 aromatic heterocycles. The minimum absolute atomic E-state index is 0.265. The van der Waals surface area contributed by atoms with Crippen molar-refractivity contribution in [2.24, 2.45) is 5.92 Å². The van der Waals surface area contributed by atoms with Crippen molar-refractivity contribution in [1.82, 2.24) is 9.62 Å². The minimum atomic E-state index is -2.25. The van der Waals surface area contributed by atoms with Crippen LogP contribution in [0.5, 0.6) is 0 Å². The second kappa shape index (κ2) is 12.1. The van der Waals surface area contributed by atoms with Crippen molar-refractivity contribution in [2.45, 2.75) is 33.1 Å². The highest BCUT2D eigenvalue weighted by Gasteiger charge is 2.19. The second-order valence-electron chi connectivity index (χ2n) is 6.95. The molecule has 1 heterocycles. The van der Waals surface area contributed by atoms with Crippen molar-refractivity contribution < 1.29 is 13.5 Å². The van der Waals surface area contributed by atoms with E-state index in [-0.39, 0.29) is 6.54 Å². The van der Waals surface area contributed by atoms with Crippen molar-refractivity contribution in [3.8, 4) is 0 Å². The molecule has 0 spiro atoms. The summed E-state index contributed by atoms with van der Waals surface area (Å²) in [5.74, 6) is 1.21. The van der Waals surface area contributed by atoms with Crippen molar-refractivity contribution >= 4 is 11.3 Å². The Morgan fingerprint density at radius 2 is 2.04 bits per heavy atom. The maximum atomic E-state index is 10.5. The largest absolute Gasteiger partial charge is 0.760 e. The molecule has 2 rings (SSSR count). The Hall–Kier alpha value is -1.47. The van der Waals surface area contributed by atoms with E-state index in [1.54, 1.807) is 0 Å². The van der Waals surface area contributed by atoms with Gasteiger partial charge >= 0.3 is 0 Å². The van der Waals surface area contributed by atoms with Crippen LogP contribution in [0.2, 0.25) is 0 Å². The molecule has 0 bridgehead atoms. The van der Waals surface area contributed by atoms with Gasteiger partial charge in [-0.25, -0.2) is 4.72 Å². The van der Waals surface area contributed by atoms with E-state index in [1.807, 2.05) is 13.0 Å². The number of nitrogens with one attached hydrogen (secondary N) is 1. The highest BCUT2D eigenvalue weighted by molar-refractivity contribution is 7.77. The van der Waals surface area contributed by atoms with Gasteiger partial charge in [0.25, 0.3) is 0 Å². The Morgan fingerprint density at radius 1 is 1.33 bits per heavy atom. The van der Waals surface area contributed by atoms with Crippen LogP contribution in [0, 0.1) is 5.92 Å². The van der Waals surface area contributed by atoms with E-state index in [0.717, 1.165) is 18.7 Å². The quantitative estimate of drug-likeness (QED) is 0.272. The third-order valence-corrected chi connectivity index (χ3v) is 5.33. The molecule has 1 aliphatic rings. The molecule has 0 saturated carbocycles. The van der Waals surface area contributed by atoms with Crippen LogP contribution in [0.1, 0.15) is 32.3 Å². The van der Waals surface area contributed by atoms with Gasteiger partial charge in [0, 0.05) is 24.4 Å². The third-order valence-electron chi connectivity index (χ3n) is 4.89. The molecule has 6 heteroatoms. The second-order valence-corrected chi connectivity index (χ2v) is 7.71. The number of benzene rings is 1. The number of rotatable bonds is 11. The lowest BCUT2D eigenvalue weighted by molar-refractivity contribution is 0.228. The fourth-order valence-electron chi connectivity index (χ4n) is 3.39. The van der Waals surface area contributed by atoms with Gasteiger partial charge in [0.05, 0.1) is 0 Å². The maximum Gasteiger partial charge on any atom is 0.115 e. The average Bonchev–Trinajstić information content (AvgIpc) is 3.17. The molecule has 1 aliphatic heterocycles. The number of nitrogens with zero attached hydrogens (tertiary/aromatic N) is 1. The summed E-state index contributed by atoms with van der Waals surface area (Å²) in [6.45, 7) is 8.11. The lowest BCUT2D eigenvalue weighted by atomic mass is 9.91. The van der Waals surface area contributed by atoms with Gasteiger partial charge in [0.1, 0.15) is 12.4 Å². The summed E-state index contributed by atoms with van der Waals surface area (Å²) in [5, 5.41) is 0. The van der Waals surface area contributed by atoms with Gasteiger partial charge in [-0.3, -0.25) is 4.21 Å². The molecule has 1 saturated heterocycles. The molecule has 0 radical (unpaired) electrons. The van der Waals surface area contributed by atoms with Crippen molar-refractivity contribution in [3.63, 3.8) is 0 Å². The van der Waals surface area contributed by atoms with Crippen LogP contribution >= 0.6 is 0 Å². The molecule has 2 unspecified atom stereocenters. The zero-order valence-electron chi connectivity index (χ0n) is 16.4. The van der Waals surface area contributed by atoms with Gasteiger partial charge < -0.3 is 14.2 Å². The maximum absolute atomic E-state index is 10.5. The number of ether oxygens (including phenoxy) is 1. The van der Waals surface area contributed by atoms with Gasteiger partial charge in [0.2, 0.25) is 0 Å². The number of allylic oxidation sites excluding steroid dienone is 2. The Bertz CT molecular complexity index is 640. The zero-order chi connectivity index (χ0) is 19.5. The summed E-state index contributed by atoms with van der Waals surface area (Å²) in [7, 11) is 0. The molecule has 27 heavy (non-hydrogen) atoms. The Morgan fingerprint density at radius 3 is 2.67 bits per heavy atom. The molecule has 1 aromatic rings. The first-order valence-electron chi connectivity index (χ1n) is 9.65. The van der Waals surface area contributed by atoms with Crippen molar-refractivity contribution in [2.75, 3.05) is 32.8 Å². The molecule has 1 fully saturated rings. The molecular weight excluding hydrogens is 360 g/mol. The van der Waals surface area contributed by atoms with Crippen molar-refractivity contribution in [1.29, 1.82) is 0 Å². The fraction of sp³-hybridized carbons (Fsp3) is 0.524. The van der Waals surface area contributed by atoms with Gasteiger partial charge in [-0.15, -0.1) is 0 Å². The lowest BCUT2D eigenvalue weighted by Gasteiger charge is -2.25. The summed E-state index contributed by atoms with van der Waals surface area (Å²) in [6.07, 6.45) is 7.61. The standard InChI is InChI=1S/C21H32N2O3S/c1-3-21(26-14-11-22-27(24)25)15-18(2)20(17-23-12-7-8-13-23)16-19-9-5-4-6-10-19/h3-6,9-10,15,20,22H,7-8,11-14,16-17H2,1-2H3,(H,24,25)/p-1. The molecule has 0 aliphatic carbocycles. The molecule has 150 valence electrons. The zero-order valence-corrected chi connectivity index (χ0v) is 17.2. The SMILES string of the molecule is CC=C(C=C(C)C(Cc1ccccc1)CN1CCCC1)OCCNS(=O)[O-]. The van der Waals surface area contributed by atoms with E-state index < -0.39 is 11.3 Å². The van der Waals surface area contributed by atoms with Crippen LogP contribution in [0.25, 0.3) is 0 Å². The first kappa shape index (κ1) is 21.8. The first-order chi connectivity index (χ1) is 13.1. The van der Waals surface area contributed by atoms with Crippen molar-refractivity contribution in [3.05, 3.63) is 59.4 Å². The lowest BCUT2D eigenvalue weighted by Crippen LogP contribution is -2.28. The van der Waals surface area contributed by atoms with E-state index in [1.165, 1.54) is 37.1 Å². The van der Waals surface area contributed by atoms with Crippen LogP contribution in [0.15, 0.2) is 53.8 Å². The first-order valence-corrected chi connectivity index (χ1v) is 10.7. The summed E-state index contributed by atoms with van der Waals surface area (Å²) in [4.78, 5) is 2.55. The van der Waals surface area contributed by atoms with Gasteiger partial charge in [-0.05, 0) is 69.8 Å². The van der Waals surface area contributed by atoms with Gasteiger partial charge in [0.15, 0.2) is 0 Å². The number of hydrogen-bond donors (Lipinski definition) is 1. The Balaban J connectivity index is 2.01. The summed E-state index contributed by atoms with van der Waals surface area (Å²) in [5.41, 5.74) is 2.64. The predicted octanol–water partition coefficient (Wildman–Crippen LogP) is 3.19. The fourth-order valence-corrected chi connectivity index (χ4v) is 3.64. The Labute approximate surface area is 165 Å². The van der Waals surface area contributed by atoms with E-state index in [9.17, 15) is 8.76 Å². The highest BCUT2D eigenvalue weighted by atomic mass is 32.2. The smallest absolute Gasteiger partial charge is 0.115 e. The molecule has 5 nitrogen and oxygen atoms in total. The van der Waals surface area contributed by atoms with Crippen LogP contribution < -0.4 is 4.72 Å². The molecular formula is C21H31N2O3S-. The number of hydrogen-bond acceptors (Lipinski definition) is 4. The normalized spacial score (nSPS) is 18.5. The van der Waals surface area contributed by atoms with E-state index in [0.29, 0.717) is 12.5 Å². The van der Waals surface area contributed by atoms with E-state index in [4.69, 9.17) is 4.74 Å². The van der Waals surface area contributed by atoms with E-state index in [2.05, 4.69) is 53.0 Å². The average molecular weight is 392 g/mol. The predicted molar refractivity (Wildman–Crippen MR) is 110 cm³/mol. The highest BCUT2D eigenvalue weighted by Crippen LogP contribution is 2.22. The number of likely N-dealkylation sites (tertiary alicyclic amines) is 1. The topological polar surface area (TPSA) is 64.6 Å². The third kappa shape index (κ3) is 8.39. The summed E-state index contributed by atoms with van der Waals surface area (Å²) >= 11 is -2.25. The van der Waals surface area contributed by atoms with Crippen LogP contribution in [-0.2, 0) is 22.4 Å². The molecule has 0 amide bonds. The minimum Gasteiger partial charge on any atom is -0.760 e. The van der Waals surface area contributed by atoms with Crippen LogP contribution in [0.3, 0.4) is 0 Å².